The molecule has 2 fully saturated rings. The molecule has 3 unspecified atom stereocenters. The number of epoxide rings is 1. The van der Waals surface area contributed by atoms with Gasteiger partial charge in [-0.1, -0.05) is 12.5 Å². The van der Waals surface area contributed by atoms with Crippen LogP contribution in [0.25, 0.3) is 0 Å². The van der Waals surface area contributed by atoms with Crippen LogP contribution in [0.1, 0.15) is 25.7 Å². The maximum Gasteiger partial charge on any atom is 0.134 e. The maximum atomic E-state index is 5.54. The van der Waals surface area contributed by atoms with E-state index in [2.05, 4.69) is 0 Å². The fraction of sp³-hybridized carbons (Fsp3) is 1.00. The van der Waals surface area contributed by atoms with Crippen LogP contribution in [0.2, 0.25) is 6.04 Å². The zero-order valence-electron chi connectivity index (χ0n) is 9.78. The third-order valence-electron chi connectivity index (χ3n) is 3.69. The van der Waals surface area contributed by atoms with Crippen LogP contribution in [-0.4, -0.2) is 41.9 Å². The van der Waals surface area contributed by atoms with Gasteiger partial charge in [-0.05, 0) is 25.2 Å². The Bertz CT molecular complexity index is 196. The van der Waals surface area contributed by atoms with Crippen molar-refractivity contribution in [1.82, 2.24) is 0 Å². The first-order valence-corrected chi connectivity index (χ1v) is 7.86. The van der Waals surface area contributed by atoms with Crippen molar-refractivity contribution in [3.8, 4) is 0 Å². The predicted molar refractivity (Wildman–Crippen MR) is 61.8 cm³/mol. The minimum absolute atomic E-state index is 0.124. The summed E-state index contributed by atoms with van der Waals surface area (Å²) in [6.45, 7) is 0. The van der Waals surface area contributed by atoms with Crippen LogP contribution in [0.5, 0.6) is 0 Å². The molecule has 2 aliphatic rings. The van der Waals surface area contributed by atoms with Gasteiger partial charge >= 0.3 is 0 Å². The van der Waals surface area contributed by atoms with E-state index in [-0.39, 0.29) is 15.4 Å². The molecule has 0 spiro atoms. The molecule has 0 aromatic heterocycles. The van der Waals surface area contributed by atoms with E-state index in [1.54, 1.807) is 14.2 Å². The highest BCUT2D eigenvalue weighted by atomic mass is 28.2. The van der Waals surface area contributed by atoms with Gasteiger partial charge in [-0.25, -0.2) is 0 Å². The van der Waals surface area contributed by atoms with Crippen molar-refractivity contribution in [1.29, 1.82) is 0 Å². The Morgan fingerprint density at radius 2 is 2.07 bits per heavy atom. The van der Waals surface area contributed by atoms with Gasteiger partial charge in [0.25, 0.3) is 0 Å². The minimum Gasteiger partial charge on any atom is -0.370 e. The Balaban J connectivity index is 1.57. The molecule has 15 heavy (non-hydrogen) atoms. The van der Waals surface area contributed by atoms with Crippen LogP contribution >= 0.6 is 0 Å². The van der Waals surface area contributed by atoms with Crippen LogP contribution < -0.4 is 0 Å². The van der Waals surface area contributed by atoms with Crippen molar-refractivity contribution in [3.63, 3.8) is 0 Å². The molecule has 0 bridgehead atoms. The molecule has 0 aromatic rings. The van der Waals surface area contributed by atoms with Crippen LogP contribution in [-0.2, 0) is 14.2 Å². The third kappa shape index (κ3) is 3.28. The molecular formula is C11H22O3Si. The summed E-state index contributed by atoms with van der Waals surface area (Å²) in [6, 6.07) is 1.34. The van der Waals surface area contributed by atoms with Crippen molar-refractivity contribution in [3.05, 3.63) is 0 Å². The van der Waals surface area contributed by atoms with Crippen LogP contribution in [0, 0.1) is 5.92 Å². The van der Waals surface area contributed by atoms with E-state index in [0.717, 1.165) is 5.92 Å². The quantitative estimate of drug-likeness (QED) is 0.389. The Morgan fingerprint density at radius 1 is 1.27 bits per heavy atom. The van der Waals surface area contributed by atoms with Crippen molar-refractivity contribution in [2.45, 2.75) is 49.8 Å². The molecule has 1 heterocycles. The van der Waals surface area contributed by atoms with E-state index < -0.39 is 0 Å². The van der Waals surface area contributed by atoms with Gasteiger partial charge in [-0.3, -0.25) is 0 Å². The highest BCUT2D eigenvalue weighted by molar-refractivity contribution is 6.36. The van der Waals surface area contributed by atoms with Gasteiger partial charge in [0, 0.05) is 14.2 Å². The third-order valence-corrected chi connectivity index (χ3v) is 5.65. The first-order valence-electron chi connectivity index (χ1n) is 6.04. The Morgan fingerprint density at radius 3 is 2.73 bits per heavy atom. The average molecular weight is 230 g/mol. The van der Waals surface area contributed by atoms with E-state index in [4.69, 9.17) is 14.2 Å². The molecule has 1 saturated heterocycles. The summed E-state index contributed by atoms with van der Waals surface area (Å²) in [6.07, 6.45) is 6.62. The van der Waals surface area contributed by atoms with E-state index in [9.17, 15) is 0 Å². The van der Waals surface area contributed by atoms with Crippen LogP contribution in [0.3, 0.4) is 0 Å². The second kappa shape index (κ2) is 5.43. The highest BCUT2D eigenvalue weighted by Gasteiger charge is 2.43. The first-order chi connectivity index (χ1) is 7.33. The van der Waals surface area contributed by atoms with E-state index in [1.807, 2.05) is 0 Å². The largest absolute Gasteiger partial charge is 0.370 e. The highest BCUT2D eigenvalue weighted by Crippen LogP contribution is 2.40. The number of hydrogen-bond acceptors (Lipinski definition) is 3. The molecule has 1 saturated carbocycles. The summed E-state index contributed by atoms with van der Waals surface area (Å²) in [5.74, 6) is 1.04. The first kappa shape index (κ1) is 11.6. The lowest BCUT2D eigenvalue weighted by molar-refractivity contribution is -0.0442. The standard InChI is InChI=1S/C11H22O3Si/c1-12-11(13-2)15-6-5-8-3-4-9-10(7-8)14-9/h8-11H,3-7,15H2,1-2H3. The van der Waals surface area contributed by atoms with Gasteiger partial charge in [0.1, 0.15) is 5.91 Å². The summed E-state index contributed by atoms with van der Waals surface area (Å²) in [4.78, 5) is 0. The average Bonchev–Trinajstić information content (AvgIpc) is 3.02. The minimum atomic E-state index is -0.208. The molecule has 4 heteroatoms. The molecule has 0 aromatic carbocycles. The summed E-state index contributed by atoms with van der Waals surface area (Å²) in [7, 11) is 3.27. The second-order valence-electron chi connectivity index (χ2n) is 4.72. The van der Waals surface area contributed by atoms with Gasteiger partial charge in [-0.2, -0.15) is 0 Å². The summed E-state index contributed by atoms with van der Waals surface area (Å²) in [5, 5.41) is 0. The number of ether oxygens (including phenoxy) is 3. The topological polar surface area (TPSA) is 31.0 Å². The van der Waals surface area contributed by atoms with Crippen LogP contribution in [0.4, 0.5) is 0 Å². The van der Waals surface area contributed by atoms with E-state index in [1.165, 1.54) is 31.7 Å². The maximum absolute atomic E-state index is 5.54. The zero-order valence-corrected chi connectivity index (χ0v) is 11.2. The Kier molecular flexibility index (Phi) is 4.19. The molecule has 1 aliphatic heterocycles. The molecule has 0 amide bonds. The smallest absolute Gasteiger partial charge is 0.134 e. The fourth-order valence-corrected chi connectivity index (χ4v) is 4.27. The lowest BCUT2D eigenvalue weighted by Gasteiger charge is -2.19. The predicted octanol–water partition coefficient (Wildman–Crippen LogP) is 1.11. The zero-order chi connectivity index (χ0) is 10.7. The molecule has 3 nitrogen and oxygen atoms in total. The molecule has 3 atom stereocenters. The van der Waals surface area contributed by atoms with Crippen molar-refractivity contribution in [2.75, 3.05) is 14.2 Å². The second-order valence-corrected chi connectivity index (χ2v) is 6.68. The van der Waals surface area contributed by atoms with Crippen molar-refractivity contribution < 1.29 is 14.2 Å². The van der Waals surface area contributed by atoms with Gasteiger partial charge in [0.2, 0.25) is 0 Å². The molecule has 0 N–H and O–H groups in total. The Labute approximate surface area is 94.3 Å². The summed E-state index contributed by atoms with van der Waals surface area (Å²) >= 11 is 0. The normalized spacial score (nSPS) is 35.0. The Hall–Kier alpha value is 0.0969. The monoisotopic (exact) mass is 230 g/mol. The number of fused-ring (bicyclic) bond motifs is 1. The van der Waals surface area contributed by atoms with Crippen molar-refractivity contribution in [2.24, 2.45) is 5.92 Å². The lowest BCUT2D eigenvalue weighted by atomic mass is 9.88. The lowest BCUT2D eigenvalue weighted by Crippen LogP contribution is -2.22. The van der Waals surface area contributed by atoms with Gasteiger partial charge in [0.05, 0.1) is 21.7 Å². The molecule has 2 rings (SSSR count). The van der Waals surface area contributed by atoms with E-state index >= 15 is 0 Å². The van der Waals surface area contributed by atoms with Gasteiger partial charge < -0.3 is 14.2 Å². The molecule has 1 aliphatic carbocycles. The fourth-order valence-electron chi connectivity index (χ4n) is 2.65. The molecular weight excluding hydrogens is 208 g/mol. The van der Waals surface area contributed by atoms with Gasteiger partial charge in [0.15, 0.2) is 0 Å². The van der Waals surface area contributed by atoms with Crippen LogP contribution in [0.15, 0.2) is 0 Å². The molecule has 88 valence electrons. The number of methoxy groups -OCH3 is 2. The molecule has 0 radical (unpaired) electrons. The van der Waals surface area contributed by atoms with Gasteiger partial charge in [-0.15, -0.1) is 0 Å². The number of rotatable bonds is 6. The number of hydrogen-bond donors (Lipinski definition) is 0. The summed E-state index contributed by atoms with van der Waals surface area (Å²) < 4.78 is 16.0. The van der Waals surface area contributed by atoms with E-state index in [0.29, 0.717) is 12.2 Å². The summed E-state index contributed by atoms with van der Waals surface area (Å²) in [5.41, 5.74) is 0. The van der Waals surface area contributed by atoms with Crippen molar-refractivity contribution >= 4 is 9.52 Å². The SMILES string of the molecule is COC(OC)[SiH2]CCC1CCC2OC2C1.